The number of nitrogen functional groups attached to an aromatic ring is 1. The Morgan fingerprint density at radius 2 is 1.88 bits per heavy atom. The van der Waals surface area contributed by atoms with Gasteiger partial charge in [-0.05, 0) is 42.3 Å². The van der Waals surface area contributed by atoms with Gasteiger partial charge in [0.25, 0.3) is 5.91 Å². The van der Waals surface area contributed by atoms with Gasteiger partial charge >= 0.3 is 0 Å². The number of carbonyl (C=O) groups is 1. The Kier molecular flexibility index (Phi) is 6.10. The molecule has 0 spiro atoms. The molecule has 128 valence electrons. The van der Waals surface area contributed by atoms with Crippen LogP contribution in [0.15, 0.2) is 42.5 Å². The molecule has 0 bridgehead atoms. The standard InChI is InChI=1S/C19H24ClN3O/c1-4-11-23(19(24)16-7-5-6-8-17(16)20)13-14-12-15(21)9-10-18(14)22(2)3/h5-10,12H,4,11,13,21H2,1-3H3. The number of hydrogen-bond donors (Lipinski definition) is 1. The number of rotatable bonds is 6. The molecular formula is C19H24ClN3O. The summed E-state index contributed by atoms with van der Waals surface area (Å²) < 4.78 is 0. The fourth-order valence-electron chi connectivity index (χ4n) is 2.70. The van der Waals surface area contributed by atoms with Gasteiger partial charge in [-0.2, -0.15) is 0 Å². The summed E-state index contributed by atoms with van der Waals surface area (Å²) in [6.07, 6.45) is 0.871. The summed E-state index contributed by atoms with van der Waals surface area (Å²) in [7, 11) is 3.96. The van der Waals surface area contributed by atoms with E-state index < -0.39 is 0 Å². The zero-order chi connectivity index (χ0) is 17.7. The molecule has 1 amide bonds. The number of anilines is 2. The van der Waals surface area contributed by atoms with Crippen LogP contribution >= 0.6 is 11.6 Å². The lowest BCUT2D eigenvalue weighted by molar-refractivity contribution is 0.0743. The van der Waals surface area contributed by atoms with Gasteiger partial charge < -0.3 is 15.5 Å². The minimum absolute atomic E-state index is 0.0606. The fourth-order valence-corrected chi connectivity index (χ4v) is 2.92. The van der Waals surface area contributed by atoms with Crippen molar-refractivity contribution in [2.45, 2.75) is 19.9 Å². The van der Waals surface area contributed by atoms with E-state index in [0.717, 1.165) is 17.7 Å². The van der Waals surface area contributed by atoms with Crippen molar-refractivity contribution in [3.63, 3.8) is 0 Å². The normalized spacial score (nSPS) is 10.5. The van der Waals surface area contributed by atoms with Crippen LogP contribution in [0.4, 0.5) is 11.4 Å². The Balaban J connectivity index is 2.34. The Morgan fingerprint density at radius 1 is 1.17 bits per heavy atom. The van der Waals surface area contributed by atoms with Gasteiger partial charge in [0.2, 0.25) is 0 Å². The summed E-state index contributed by atoms with van der Waals surface area (Å²) in [6, 6.07) is 12.9. The molecule has 0 saturated heterocycles. The number of amides is 1. The second kappa shape index (κ2) is 8.06. The average Bonchev–Trinajstić information content (AvgIpc) is 2.54. The SMILES string of the molecule is CCCN(Cc1cc(N)ccc1N(C)C)C(=O)c1ccccc1Cl. The van der Waals surface area contributed by atoms with E-state index in [-0.39, 0.29) is 5.91 Å². The topological polar surface area (TPSA) is 49.6 Å². The number of nitrogens with zero attached hydrogens (tertiary/aromatic N) is 2. The van der Waals surface area contributed by atoms with E-state index in [0.29, 0.717) is 29.4 Å². The lowest BCUT2D eigenvalue weighted by atomic mass is 10.1. The Bertz CT molecular complexity index is 716. The molecule has 0 heterocycles. The van der Waals surface area contributed by atoms with Crippen LogP contribution in [0.25, 0.3) is 0 Å². The maximum absolute atomic E-state index is 12.9. The van der Waals surface area contributed by atoms with Crippen LogP contribution in [-0.2, 0) is 6.54 Å². The lowest BCUT2D eigenvalue weighted by Gasteiger charge is -2.26. The van der Waals surface area contributed by atoms with Gasteiger partial charge in [-0.15, -0.1) is 0 Å². The summed E-state index contributed by atoms with van der Waals surface area (Å²) in [5.41, 5.74) is 9.24. The first-order valence-corrected chi connectivity index (χ1v) is 8.41. The molecule has 4 nitrogen and oxygen atoms in total. The summed E-state index contributed by atoms with van der Waals surface area (Å²) in [5.74, 6) is -0.0606. The maximum atomic E-state index is 12.9. The van der Waals surface area contributed by atoms with E-state index in [1.807, 2.05) is 54.2 Å². The van der Waals surface area contributed by atoms with E-state index in [4.69, 9.17) is 17.3 Å². The van der Waals surface area contributed by atoms with Crippen LogP contribution in [0, 0.1) is 0 Å². The van der Waals surface area contributed by atoms with Gasteiger partial charge in [0.05, 0.1) is 10.6 Å². The molecule has 2 aromatic carbocycles. The Hall–Kier alpha value is -2.20. The summed E-state index contributed by atoms with van der Waals surface area (Å²) in [6.45, 7) is 3.21. The van der Waals surface area contributed by atoms with Crippen molar-refractivity contribution in [2.75, 3.05) is 31.3 Å². The first-order chi connectivity index (χ1) is 11.4. The average molecular weight is 346 g/mol. The molecule has 24 heavy (non-hydrogen) atoms. The number of nitrogens with two attached hydrogens (primary N) is 1. The van der Waals surface area contributed by atoms with Crippen LogP contribution in [-0.4, -0.2) is 31.4 Å². The predicted molar refractivity (Wildman–Crippen MR) is 102 cm³/mol. The van der Waals surface area contributed by atoms with Crippen LogP contribution < -0.4 is 10.6 Å². The van der Waals surface area contributed by atoms with Gasteiger partial charge in [0.1, 0.15) is 0 Å². The van der Waals surface area contributed by atoms with Gasteiger partial charge in [-0.25, -0.2) is 0 Å². The molecule has 0 saturated carbocycles. The Morgan fingerprint density at radius 3 is 2.50 bits per heavy atom. The van der Waals surface area contributed by atoms with Crippen molar-refractivity contribution in [1.82, 2.24) is 4.90 Å². The van der Waals surface area contributed by atoms with Crippen LogP contribution in [0.1, 0.15) is 29.3 Å². The third-order valence-electron chi connectivity index (χ3n) is 3.83. The first kappa shape index (κ1) is 18.1. The highest BCUT2D eigenvalue weighted by Crippen LogP contribution is 2.25. The second-order valence-electron chi connectivity index (χ2n) is 5.99. The number of halogens is 1. The fraction of sp³-hybridized carbons (Fsp3) is 0.316. The van der Waals surface area contributed by atoms with E-state index in [2.05, 4.69) is 6.92 Å². The zero-order valence-corrected chi connectivity index (χ0v) is 15.2. The van der Waals surface area contributed by atoms with E-state index in [1.54, 1.807) is 12.1 Å². The van der Waals surface area contributed by atoms with Crippen LogP contribution in [0.5, 0.6) is 0 Å². The Labute approximate surface area is 148 Å². The summed E-state index contributed by atoms with van der Waals surface area (Å²) in [4.78, 5) is 16.8. The minimum atomic E-state index is -0.0606. The third kappa shape index (κ3) is 4.20. The largest absolute Gasteiger partial charge is 0.399 e. The van der Waals surface area contributed by atoms with E-state index in [9.17, 15) is 4.79 Å². The molecule has 0 aliphatic rings. The molecule has 5 heteroatoms. The van der Waals surface area contributed by atoms with Crippen molar-refractivity contribution in [1.29, 1.82) is 0 Å². The molecule has 0 aliphatic carbocycles. The number of hydrogen-bond acceptors (Lipinski definition) is 3. The van der Waals surface area contributed by atoms with Gasteiger partial charge in [-0.3, -0.25) is 4.79 Å². The molecule has 2 N–H and O–H groups in total. The molecule has 0 aliphatic heterocycles. The van der Waals surface area contributed by atoms with Crippen molar-refractivity contribution >= 4 is 28.9 Å². The maximum Gasteiger partial charge on any atom is 0.255 e. The third-order valence-corrected chi connectivity index (χ3v) is 4.16. The monoisotopic (exact) mass is 345 g/mol. The number of carbonyl (C=O) groups excluding carboxylic acids is 1. The number of benzene rings is 2. The van der Waals surface area contributed by atoms with Gasteiger partial charge in [0, 0.05) is 38.6 Å². The van der Waals surface area contributed by atoms with E-state index in [1.165, 1.54) is 0 Å². The van der Waals surface area contributed by atoms with Crippen LogP contribution in [0.2, 0.25) is 5.02 Å². The molecule has 0 radical (unpaired) electrons. The lowest BCUT2D eigenvalue weighted by Crippen LogP contribution is -2.32. The molecular weight excluding hydrogens is 322 g/mol. The smallest absolute Gasteiger partial charge is 0.255 e. The van der Waals surface area contributed by atoms with Crippen molar-refractivity contribution in [3.05, 3.63) is 58.6 Å². The zero-order valence-electron chi connectivity index (χ0n) is 14.4. The highest BCUT2D eigenvalue weighted by molar-refractivity contribution is 6.33. The highest BCUT2D eigenvalue weighted by atomic mass is 35.5. The summed E-state index contributed by atoms with van der Waals surface area (Å²) >= 11 is 6.20. The quantitative estimate of drug-likeness (QED) is 0.804. The van der Waals surface area contributed by atoms with Crippen molar-refractivity contribution in [2.24, 2.45) is 0 Å². The molecule has 2 aromatic rings. The van der Waals surface area contributed by atoms with Gasteiger partial charge in [-0.1, -0.05) is 30.7 Å². The second-order valence-corrected chi connectivity index (χ2v) is 6.40. The predicted octanol–water partition coefficient (Wildman–Crippen LogP) is 4.04. The van der Waals surface area contributed by atoms with Crippen molar-refractivity contribution < 1.29 is 4.79 Å². The van der Waals surface area contributed by atoms with Crippen LogP contribution in [0.3, 0.4) is 0 Å². The molecule has 0 unspecified atom stereocenters. The van der Waals surface area contributed by atoms with Crippen molar-refractivity contribution in [3.8, 4) is 0 Å². The first-order valence-electron chi connectivity index (χ1n) is 8.03. The minimum Gasteiger partial charge on any atom is -0.399 e. The summed E-state index contributed by atoms with van der Waals surface area (Å²) in [5, 5.41) is 0.476. The molecule has 0 fully saturated rings. The van der Waals surface area contributed by atoms with E-state index >= 15 is 0 Å². The molecule has 0 atom stereocenters. The van der Waals surface area contributed by atoms with Gasteiger partial charge in [0.15, 0.2) is 0 Å². The molecule has 0 aromatic heterocycles. The highest BCUT2D eigenvalue weighted by Gasteiger charge is 2.19. The molecule has 2 rings (SSSR count).